The van der Waals surface area contributed by atoms with Crippen molar-refractivity contribution in [3.05, 3.63) is 16.5 Å². The van der Waals surface area contributed by atoms with Gasteiger partial charge >= 0.3 is 0 Å². The Morgan fingerprint density at radius 3 is 2.67 bits per heavy atom. The first-order valence-corrected chi connectivity index (χ1v) is 9.44. The van der Waals surface area contributed by atoms with Crippen LogP contribution in [0, 0.1) is 6.92 Å². The van der Waals surface area contributed by atoms with Crippen LogP contribution in [0.4, 0.5) is 0 Å². The molecule has 0 bridgehead atoms. The van der Waals surface area contributed by atoms with Gasteiger partial charge in [-0.15, -0.1) is 11.3 Å². The fourth-order valence-electron chi connectivity index (χ4n) is 1.54. The van der Waals surface area contributed by atoms with Gasteiger partial charge in [0.25, 0.3) is 0 Å². The fraction of sp³-hybridized carbons (Fsp3) is 0.636. The van der Waals surface area contributed by atoms with E-state index in [-0.39, 0.29) is 6.04 Å². The first-order chi connectivity index (χ1) is 8.44. The molecule has 0 radical (unpaired) electrons. The third-order valence-electron chi connectivity index (χ3n) is 2.63. The van der Waals surface area contributed by atoms with Crippen LogP contribution >= 0.6 is 23.1 Å². The van der Waals surface area contributed by atoms with Crippen LogP contribution in [0.2, 0.25) is 0 Å². The molecule has 0 spiro atoms. The first kappa shape index (κ1) is 16.0. The van der Waals surface area contributed by atoms with Gasteiger partial charge in [0.1, 0.15) is 4.21 Å². The molecule has 1 aromatic rings. The van der Waals surface area contributed by atoms with E-state index in [1.165, 1.54) is 11.3 Å². The lowest BCUT2D eigenvalue weighted by Crippen LogP contribution is -2.35. The second-order valence-electron chi connectivity index (χ2n) is 4.06. The molecule has 0 fully saturated rings. The van der Waals surface area contributed by atoms with E-state index in [1.54, 1.807) is 17.8 Å². The molecule has 18 heavy (non-hydrogen) atoms. The Morgan fingerprint density at radius 2 is 2.22 bits per heavy atom. The number of nitrogens with one attached hydrogen (secondary N) is 1. The number of hydrogen-bond donors (Lipinski definition) is 2. The van der Waals surface area contributed by atoms with E-state index in [0.29, 0.717) is 10.8 Å². The van der Waals surface area contributed by atoms with Gasteiger partial charge in [0.05, 0.1) is 0 Å². The molecule has 0 aromatic carbocycles. The van der Waals surface area contributed by atoms with Gasteiger partial charge in [-0.3, -0.25) is 0 Å². The molecule has 7 heteroatoms. The minimum Gasteiger partial charge on any atom is -0.326 e. The number of hydrogen-bond acceptors (Lipinski definition) is 5. The molecule has 104 valence electrons. The third-order valence-corrected chi connectivity index (χ3v) is 6.62. The Balaban J connectivity index is 2.91. The third kappa shape index (κ3) is 3.96. The lowest BCUT2D eigenvalue weighted by atomic mass is 10.3. The fourth-order valence-corrected chi connectivity index (χ4v) is 5.17. The van der Waals surface area contributed by atoms with Crippen molar-refractivity contribution in [3.63, 3.8) is 0 Å². The van der Waals surface area contributed by atoms with Gasteiger partial charge in [-0.2, -0.15) is 11.8 Å². The molecule has 0 aliphatic carbocycles. The lowest BCUT2D eigenvalue weighted by Gasteiger charge is -2.14. The van der Waals surface area contributed by atoms with Crippen LogP contribution in [0.1, 0.15) is 23.8 Å². The van der Waals surface area contributed by atoms with Crippen LogP contribution in [-0.2, 0) is 16.6 Å². The molecular formula is C11H20N2O2S3. The maximum absolute atomic E-state index is 12.2. The molecule has 1 heterocycles. The van der Waals surface area contributed by atoms with Crippen molar-refractivity contribution >= 4 is 33.1 Å². The van der Waals surface area contributed by atoms with Crippen LogP contribution < -0.4 is 10.5 Å². The summed E-state index contributed by atoms with van der Waals surface area (Å²) >= 11 is 2.89. The Kier molecular flexibility index (Phi) is 6.13. The second kappa shape index (κ2) is 6.91. The van der Waals surface area contributed by atoms with Gasteiger partial charge in [0.2, 0.25) is 10.0 Å². The van der Waals surface area contributed by atoms with Gasteiger partial charge < -0.3 is 5.73 Å². The average molecular weight is 308 g/mol. The molecule has 0 aliphatic heterocycles. The standard InChI is InChI=1S/C11H20N2O2S3/c1-4-9(7-16-3)13-18(14,15)11-5-8(2)10(6-12)17-11/h5,9,13H,4,6-7,12H2,1-3H3. The van der Waals surface area contributed by atoms with Gasteiger partial charge in [0.15, 0.2) is 0 Å². The van der Waals surface area contributed by atoms with Gasteiger partial charge in [0, 0.05) is 23.2 Å². The minimum atomic E-state index is -3.41. The quantitative estimate of drug-likeness (QED) is 0.807. The van der Waals surface area contributed by atoms with Crippen molar-refractivity contribution in [3.8, 4) is 0 Å². The highest BCUT2D eigenvalue weighted by Crippen LogP contribution is 2.25. The molecule has 4 nitrogen and oxygen atoms in total. The van der Waals surface area contributed by atoms with Crippen molar-refractivity contribution < 1.29 is 8.42 Å². The van der Waals surface area contributed by atoms with Crippen molar-refractivity contribution in [1.82, 2.24) is 4.72 Å². The molecule has 0 amide bonds. The lowest BCUT2D eigenvalue weighted by molar-refractivity contribution is 0.560. The highest BCUT2D eigenvalue weighted by molar-refractivity contribution is 7.98. The van der Waals surface area contributed by atoms with Crippen LogP contribution in [-0.4, -0.2) is 26.5 Å². The van der Waals surface area contributed by atoms with Crippen molar-refractivity contribution in [2.24, 2.45) is 5.73 Å². The normalized spacial score (nSPS) is 13.8. The summed E-state index contributed by atoms with van der Waals surface area (Å²) in [7, 11) is -3.41. The van der Waals surface area contributed by atoms with Gasteiger partial charge in [-0.1, -0.05) is 6.92 Å². The molecule has 1 rings (SSSR count). The summed E-state index contributed by atoms with van der Waals surface area (Å²) in [6, 6.07) is 1.68. The van der Waals surface area contributed by atoms with Crippen LogP contribution in [0.15, 0.2) is 10.3 Å². The highest BCUT2D eigenvalue weighted by atomic mass is 32.2. The number of thioether (sulfide) groups is 1. The predicted molar refractivity (Wildman–Crippen MR) is 79.7 cm³/mol. The highest BCUT2D eigenvalue weighted by Gasteiger charge is 2.21. The molecule has 1 unspecified atom stereocenters. The van der Waals surface area contributed by atoms with E-state index >= 15 is 0 Å². The Hall–Kier alpha value is -0.0800. The van der Waals surface area contributed by atoms with Gasteiger partial charge in [-0.25, -0.2) is 13.1 Å². The number of nitrogens with two attached hydrogens (primary N) is 1. The summed E-state index contributed by atoms with van der Waals surface area (Å²) in [6.45, 7) is 4.25. The molecule has 0 saturated heterocycles. The SMILES string of the molecule is CCC(CSC)NS(=O)(=O)c1cc(C)c(CN)s1. The zero-order valence-corrected chi connectivity index (χ0v) is 13.3. The predicted octanol–water partition coefficient (Wildman–Crippen LogP) is 1.94. The summed E-state index contributed by atoms with van der Waals surface area (Å²) in [6.07, 6.45) is 2.76. The van der Waals surface area contributed by atoms with E-state index in [0.717, 1.165) is 22.6 Å². The zero-order valence-electron chi connectivity index (χ0n) is 10.9. The summed E-state index contributed by atoms with van der Waals surface area (Å²) in [5.74, 6) is 0.782. The topological polar surface area (TPSA) is 72.2 Å². The first-order valence-electron chi connectivity index (χ1n) is 5.75. The van der Waals surface area contributed by atoms with E-state index < -0.39 is 10.0 Å². The Labute approximate surface area is 117 Å². The largest absolute Gasteiger partial charge is 0.326 e. The maximum atomic E-state index is 12.2. The summed E-state index contributed by atoms with van der Waals surface area (Å²) < 4.78 is 27.5. The van der Waals surface area contributed by atoms with Crippen LogP contribution in [0.5, 0.6) is 0 Å². The number of thiophene rings is 1. The molecule has 0 saturated carbocycles. The summed E-state index contributed by atoms with van der Waals surface area (Å²) in [5.41, 5.74) is 6.52. The van der Waals surface area contributed by atoms with Crippen molar-refractivity contribution in [2.75, 3.05) is 12.0 Å². The molecule has 0 aliphatic rings. The molecule has 1 aromatic heterocycles. The van der Waals surface area contributed by atoms with Crippen molar-refractivity contribution in [1.29, 1.82) is 0 Å². The summed E-state index contributed by atoms with van der Waals surface area (Å²) in [5, 5.41) is 0. The molecular weight excluding hydrogens is 288 g/mol. The number of rotatable bonds is 7. The minimum absolute atomic E-state index is 0.0197. The van der Waals surface area contributed by atoms with Crippen molar-refractivity contribution in [2.45, 2.75) is 37.1 Å². The van der Waals surface area contributed by atoms with E-state index in [1.807, 2.05) is 20.1 Å². The Bertz CT molecular complexity index is 482. The number of aryl methyl sites for hydroxylation is 1. The smallest absolute Gasteiger partial charge is 0.250 e. The van der Waals surface area contributed by atoms with Crippen LogP contribution in [0.25, 0.3) is 0 Å². The van der Waals surface area contributed by atoms with E-state index in [4.69, 9.17) is 5.73 Å². The zero-order chi connectivity index (χ0) is 13.8. The second-order valence-corrected chi connectivity index (χ2v) is 8.05. The number of sulfonamides is 1. The van der Waals surface area contributed by atoms with E-state index in [9.17, 15) is 8.42 Å². The van der Waals surface area contributed by atoms with E-state index in [2.05, 4.69) is 4.72 Å². The summed E-state index contributed by atoms with van der Waals surface area (Å²) in [4.78, 5) is 0.924. The Morgan fingerprint density at radius 1 is 1.56 bits per heavy atom. The molecule has 1 atom stereocenters. The molecule has 3 N–H and O–H groups in total. The average Bonchev–Trinajstić information content (AvgIpc) is 2.70. The van der Waals surface area contributed by atoms with Gasteiger partial charge in [-0.05, 0) is 31.2 Å². The maximum Gasteiger partial charge on any atom is 0.250 e. The van der Waals surface area contributed by atoms with Crippen LogP contribution in [0.3, 0.4) is 0 Å². The monoisotopic (exact) mass is 308 g/mol.